The van der Waals surface area contributed by atoms with Gasteiger partial charge in [-0.1, -0.05) is 6.07 Å². The van der Waals surface area contributed by atoms with E-state index in [1.165, 1.54) is 0 Å². The molecule has 1 aliphatic heterocycles. The van der Waals surface area contributed by atoms with Crippen molar-refractivity contribution in [1.29, 1.82) is 0 Å². The first kappa shape index (κ1) is 15.2. The molecule has 0 saturated carbocycles. The summed E-state index contributed by atoms with van der Waals surface area (Å²) in [5.74, 6) is 1.53. The third kappa shape index (κ3) is 3.95. The minimum absolute atomic E-state index is 0.273. The van der Waals surface area contributed by atoms with Crippen molar-refractivity contribution in [3.8, 4) is 11.5 Å². The number of thiocarbonyl (C=S) groups is 1. The third-order valence-electron chi connectivity index (χ3n) is 3.31. The van der Waals surface area contributed by atoms with E-state index in [1.807, 2.05) is 37.3 Å². The smallest absolute Gasteiger partial charge is 0.231 e. The van der Waals surface area contributed by atoms with Crippen LogP contribution in [0.2, 0.25) is 0 Å². The molecule has 0 amide bonds. The molecule has 2 N–H and O–H groups in total. The summed E-state index contributed by atoms with van der Waals surface area (Å²) in [5.41, 5.74) is 5.71. The average molecular weight is 328 g/mol. The van der Waals surface area contributed by atoms with E-state index in [-0.39, 0.29) is 6.79 Å². The molecule has 0 radical (unpaired) electrons. The van der Waals surface area contributed by atoms with E-state index in [9.17, 15) is 0 Å². The molecule has 0 unspecified atom stereocenters. The highest BCUT2D eigenvalue weighted by Crippen LogP contribution is 2.32. The summed E-state index contributed by atoms with van der Waals surface area (Å²) in [6.07, 6.45) is 3.45. The lowest BCUT2D eigenvalue weighted by Gasteiger charge is -2.08. The number of nitrogens with zero attached hydrogens (tertiary/aromatic N) is 2. The molecule has 2 heterocycles. The van der Waals surface area contributed by atoms with Crippen molar-refractivity contribution < 1.29 is 9.47 Å². The summed E-state index contributed by atoms with van der Waals surface area (Å²) >= 11 is 5.22. The van der Waals surface area contributed by atoms with E-state index < -0.39 is 0 Å². The van der Waals surface area contributed by atoms with Gasteiger partial charge in [0, 0.05) is 24.5 Å². The Balaban J connectivity index is 1.52. The normalized spacial score (nSPS) is 12.8. The topological polar surface area (TPSA) is 67.8 Å². The standard InChI is InChI=1S/C16H16N4O2S/c1-11(13-4-6-17-7-5-13)19-20-16(23)18-9-12-2-3-14-15(8-12)22-10-21-14/h2-8H,9-10H2,1H3,(H2,18,20,23)/b19-11-. The van der Waals surface area contributed by atoms with Gasteiger partial charge in [0.1, 0.15) is 0 Å². The van der Waals surface area contributed by atoms with Crippen LogP contribution in [-0.2, 0) is 6.54 Å². The molecule has 0 saturated heterocycles. The number of ether oxygens (including phenoxy) is 2. The van der Waals surface area contributed by atoms with Crippen LogP contribution < -0.4 is 20.2 Å². The third-order valence-corrected chi connectivity index (χ3v) is 3.55. The molecule has 1 aromatic carbocycles. The minimum Gasteiger partial charge on any atom is -0.454 e. The van der Waals surface area contributed by atoms with E-state index >= 15 is 0 Å². The molecule has 3 rings (SSSR count). The Labute approximate surface area is 139 Å². The van der Waals surface area contributed by atoms with Crippen molar-refractivity contribution in [2.45, 2.75) is 13.5 Å². The molecule has 0 bridgehead atoms. The zero-order chi connectivity index (χ0) is 16.1. The Bertz CT molecular complexity index is 734. The lowest BCUT2D eigenvalue weighted by Crippen LogP contribution is -2.32. The highest BCUT2D eigenvalue weighted by atomic mass is 32.1. The molecular formula is C16H16N4O2S. The summed E-state index contributed by atoms with van der Waals surface area (Å²) in [6.45, 7) is 2.75. The van der Waals surface area contributed by atoms with Crippen LogP contribution >= 0.6 is 12.2 Å². The van der Waals surface area contributed by atoms with Crippen molar-refractivity contribution in [3.63, 3.8) is 0 Å². The van der Waals surface area contributed by atoms with E-state index in [4.69, 9.17) is 21.7 Å². The van der Waals surface area contributed by atoms with E-state index in [1.54, 1.807) is 12.4 Å². The largest absolute Gasteiger partial charge is 0.454 e. The average Bonchev–Trinajstić information content (AvgIpc) is 3.06. The zero-order valence-electron chi connectivity index (χ0n) is 12.6. The van der Waals surface area contributed by atoms with Crippen LogP contribution in [-0.4, -0.2) is 22.6 Å². The van der Waals surface area contributed by atoms with Crippen molar-refractivity contribution in [1.82, 2.24) is 15.7 Å². The highest BCUT2D eigenvalue weighted by Gasteiger charge is 2.12. The number of nitrogens with one attached hydrogen (secondary N) is 2. The molecule has 118 valence electrons. The fraction of sp³-hybridized carbons (Fsp3) is 0.188. The van der Waals surface area contributed by atoms with Crippen LogP contribution in [0.5, 0.6) is 11.5 Å². The van der Waals surface area contributed by atoms with E-state index in [2.05, 4.69) is 20.8 Å². The summed E-state index contributed by atoms with van der Waals surface area (Å²) in [7, 11) is 0. The molecule has 0 aliphatic carbocycles. The van der Waals surface area contributed by atoms with Crippen molar-refractivity contribution in [2.75, 3.05) is 6.79 Å². The maximum Gasteiger partial charge on any atom is 0.231 e. The van der Waals surface area contributed by atoms with Gasteiger partial charge in [0.05, 0.1) is 5.71 Å². The Hall–Kier alpha value is -2.67. The van der Waals surface area contributed by atoms with Gasteiger partial charge in [0.2, 0.25) is 6.79 Å². The van der Waals surface area contributed by atoms with Crippen LogP contribution in [0, 0.1) is 0 Å². The number of fused-ring (bicyclic) bond motifs is 1. The van der Waals surface area contributed by atoms with E-state index in [0.717, 1.165) is 28.3 Å². The summed E-state index contributed by atoms with van der Waals surface area (Å²) in [4.78, 5) is 3.98. The number of hydrazone groups is 1. The zero-order valence-corrected chi connectivity index (χ0v) is 13.4. The Morgan fingerprint density at radius 2 is 2.00 bits per heavy atom. The molecule has 0 atom stereocenters. The van der Waals surface area contributed by atoms with Gasteiger partial charge in [0.25, 0.3) is 0 Å². The first-order chi connectivity index (χ1) is 11.2. The van der Waals surface area contributed by atoms with Gasteiger partial charge < -0.3 is 14.8 Å². The summed E-state index contributed by atoms with van der Waals surface area (Å²) in [5, 5.41) is 7.81. The second kappa shape index (κ2) is 7.06. The molecule has 7 heteroatoms. The molecule has 0 fully saturated rings. The predicted octanol–water partition coefficient (Wildman–Crippen LogP) is 2.20. The van der Waals surface area contributed by atoms with Gasteiger partial charge >= 0.3 is 0 Å². The molecular weight excluding hydrogens is 312 g/mol. The van der Waals surface area contributed by atoms with Gasteiger partial charge in [-0.05, 0) is 49.0 Å². The summed E-state index contributed by atoms with van der Waals surface area (Å²) in [6, 6.07) is 9.58. The second-order valence-corrected chi connectivity index (χ2v) is 5.32. The van der Waals surface area contributed by atoms with Crippen LogP contribution in [0.25, 0.3) is 0 Å². The molecule has 1 aromatic heterocycles. The maximum absolute atomic E-state index is 5.35. The first-order valence-electron chi connectivity index (χ1n) is 7.09. The molecule has 23 heavy (non-hydrogen) atoms. The minimum atomic E-state index is 0.273. The van der Waals surface area contributed by atoms with Crippen LogP contribution in [0.15, 0.2) is 47.8 Å². The van der Waals surface area contributed by atoms with Gasteiger partial charge in [-0.15, -0.1) is 0 Å². The molecule has 2 aromatic rings. The van der Waals surface area contributed by atoms with Crippen LogP contribution in [0.4, 0.5) is 0 Å². The van der Waals surface area contributed by atoms with Crippen molar-refractivity contribution >= 4 is 23.0 Å². The first-order valence-corrected chi connectivity index (χ1v) is 7.50. The Kier molecular flexibility index (Phi) is 4.68. The van der Waals surface area contributed by atoms with Gasteiger partial charge in [-0.3, -0.25) is 10.4 Å². The number of benzene rings is 1. The van der Waals surface area contributed by atoms with Crippen molar-refractivity contribution in [2.24, 2.45) is 5.10 Å². The Morgan fingerprint density at radius 3 is 2.83 bits per heavy atom. The molecule has 6 nitrogen and oxygen atoms in total. The monoisotopic (exact) mass is 328 g/mol. The molecule has 0 spiro atoms. The number of pyridine rings is 1. The number of hydrogen-bond acceptors (Lipinski definition) is 5. The quantitative estimate of drug-likeness (QED) is 0.509. The molecule has 1 aliphatic rings. The fourth-order valence-electron chi connectivity index (χ4n) is 2.07. The highest BCUT2D eigenvalue weighted by molar-refractivity contribution is 7.80. The van der Waals surface area contributed by atoms with Gasteiger partial charge in [0.15, 0.2) is 16.6 Å². The number of aromatic nitrogens is 1. The van der Waals surface area contributed by atoms with Gasteiger partial charge in [-0.25, -0.2) is 0 Å². The van der Waals surface area contributed by atoms with Crippen LogP contribution in [0.1, 0.15) is 18.1 Å². The SMILES string of the molecule is C/C(=N/NC(=S)NCc1ccc2c(c1)OCO2)c1ccncc1. The van der Waals surface area contributed by atoms with Crippen molar-refractivity contribution in [3.05, 3.63) is 53.9 Å². The van der Waals surface area contributed by atoms with E-state index in [0.29, 0.717) is 11.7 Å². The van der Waals surface area contributed by atoms with Crippen LogP contribution in [0.3, 0.4) is 0 Å². The summed E-state index contributed by atoms with van der Waals surface area (Å²) < 4.78 is 10.6. The maximum atomic E-state index is 5.35. The lowest BCUT2D eigenvalue weighted by molar-refractivity contribution is 0.174. The lowest BCUT2D eigenvalue weighted by atomic mass is 10.2. The fourth-order valence-corrected chi connectivity index (χ4v) is 2.18. The van der Waals surface area contributed by atoms with Gasteiger partial charge in [-0.2, -0.15) is 5.10 Å². The second-order valence-electron chi connectivity index (χ2n) is 4.92. The predicted molar refractivity (Wildman–Crippen MR) is 91.6 cm³/mol. The Morgan fingerprint density at radius 1 is 1.22 bits per heavy atom. The number of hydrogen-bond donors (Lipinski definition) is 2. The number of rotatable bonds is 4.